The van der Waals surface area contributed by atoms with Gasteiger partial charge in [0.05, 0.1) is 0 Å². The van der Waals surface area contributed by atoms with Gasteiger partial charge in [0.1, 0.15) is 0 Å². The largest absolute Gasteiger partial charge is 0.389 e. The van der Waals surface area contributed by atoms with Crippen LogP contribution < -0.4 is 5.32 Å². The third-order valence-corrected chi connectivity index (χ3v) is 1.69. The van der Waals surface area contributed by atoms with Crippen molar-refractivity contribution in [3.05, 3.63) is 12.3 Å². The van der Waals surface area contributed by atoms with E-state index in [0.29, 0.717) is 0 Å². The van der Waals surface area contributed by atoms with Gasteiger partial charge in [0.25, 0.3) is 0 Å². The summed E-state index contributed by atoms with van der Waals surface area (Å²) < 4.78 is 0.123. The summed E-state index contributed by atoms with van der Waals surface area (Å²) in [4.78, 5) is 0. The Hall–Kier alpha value is -0.110. The molecule has 0 aliphatic carbocycles. The lowest BCUT2D eigenvalue weighted by Gasteiger charge is -2.17. The van der Waals surface area contributed by atoms with Crippen LogP contribution in [0.15, 0.2) is 12.3 Å². The smallest absolute Gasteiger partial charge is 0.0115 e. The molecule has 13 heavy (non-hydrogen) atoms. The molecule has 0 atom stereocenters. The third kappa shape index (κ3) is 14.7. The van der Waals surface area contributed by atoms with Crippen LogP contribution in [-0.2, 0) is 0 Å². The lowest BCUT2D eigenvalue weighted by molar-refractivity contribution is 0.620. The first kappa shape index (κ1) is 15.4. The highest BCUT2D eigenvalue weighted by Gasteiger charge is 2.10. The number of rotatable bonds is 5. The summed E-state index contributed by atoms with van der Waals surface area (Å²) in [5.41, 5.74) is 1.12. The van der Waals surface area contributed by atoms with Gasteiger partial charge in [-0.15, -0.1) is 0 Å². The molecule has 0 rings (SSSR count). The number of hydrogen-bond acceptors (Lipinski definition) is 2. The van der Waals surface area contributed by atoms with Crippen LogP contribution in [0.1, 0.15) is 47.5 Å². The van der Waals surface area contributed by atoms with Crippen LogP contribution in [0, 0.1) is 0 Å². The second kappa shape index (κ2) is 8.49. The monoisotopic (exact) mass is 203 g/mol. The van der Waals surface area contributed by atoms with E-state index in [0.717, 1.165) is 25.1 Å². The minimum absolute atomic E-state index is 0.123. The molecule has 0 amide bonds. The fourth-order valence-electron chi connectivity index (χ4n) is 0.795. The molecule has 0 aromatic heterocycles. The van der Waals surface area contributed by atoms with Crippen molar-refractivity contribution < 1.29 is 0 Å². The van der Waals surface area contributed by atoms with E-state index in [1.165, 1.54) is 0 Å². The molecule has 0 heterocycles. The molecule has 0 unspecified atom stereocenters. The molecule has 80 valence electrons. The Kier molecular flexibility index (Phi) is 10.0. The summed E-state index contributed by atoms with van der Waals surface area (Å²) in [6.45, 7) is 15.2. The predicted molar refractivity (Wildman–Crippen MR) is 66.5 cm³/mol. The average molecular weight is 203 g/mol. The summed E-state index contributed by atoms with van der Waals surface area (Å²) >= 11 is 4.43. The SMILES string of the molecule is C=C(CCC(C)(C)S)NCC.CC. The van der Waals surface area contributed by atoms with E-state index in [-0.39, 0.29) is 4.75 Å². The summed E-state index contributed by atoms with van der Waals surface area (Å²) in [6, 6.07) is 0. The zero-order valence-corrected chi connectivity index (χ0v) is 10.7. The molecule has 0 radical (unpaired) electrons. The maximum Gasteiger partial charge on any atom is 0.0115 e. The molecular weight excluding hydrogens is 178 g/mol. The Morgan fingerprint density at radius 3 is 2.15 bits per heavy atom. The molecule has 0 saturated carbocycles. The van der Waals surface area contributed by atoms with Gasteiger partial charge in [-0.3, -0.25) is 0 Å². The van der Waals surface area contributed by atoms with E-state index in [2.05, 4.69) is 45.3 Å². The summed E-state index contributed by atoms with van der Waals surface area (Å²) in [7, 11) is 0. The van der Waals surface area contributed by atoms with Gasteiger partial charge in [-0.1, -0.05) is 34.3 Å². The maximum atomic E-state index is 4.43. The molecule has 1 N–H and O–H groups in total. The van der Waals surface area contributed by atoms with E-state index in [4.69, 9.17) is 0 Å². The van der Waals surface area contributed by atoms with Gasteiger partial charge < -0.3 is 5.32 Å². The molecule has 0 bridgehead atoms. The second-order valence-corrected chi connectivity index (χ2v) is 4.66. The van der Waals surface area contributed by atoms with Gasteiger partial charge >= 0.3 is 0 Å². The minimum Gasteiger partial charge on any atom is -0.389 e. The highest BCUT2D eigenvalue weighted by atomic mass is 32.1. The van der Waals surface area contributed by atoms with Gasteiger partial charge in [0.15, 0.2) is 0 Å². The van der Waals surface area contributed by atoms with Crippen LogP contribution in [0.2, 0.25) is 0 Å². The van der Waals surface area contributed by atoms with Crippen LogP contribution >= 0.6 is 12.6 Å². The molecule has 0 aliphatic heterocycles. The van der Waals surface area contributed by atoms with E-state index < -0.39 is 0 Å². The summed E-state index contributed by atoms with van der Waals surface area (Å²) in [5.74, 6) is 0. The van der Waals surface area contributed by atoms with Crippen LogP contribution in [0.4, 0.5) is 0 Å². The van der Waals surface area contributed by atoms with Crippen molar-refractivity contribution in [2.75, 3.05) is 6.54 Å². The average Bonchev–Trinajstić information content (AvgIpc) is 2.04. The van der Waals surface area contributed by atoms with Gasteiger partial charge in [-0.25, -0.2) is 0 Å². The minimum atomic E-state index is 0.123. The van der Waals surface area contributed by atoms with Crippen molar-refractivity contribution in [3.63, 3.8) is 0 Å². The number of nitrogens with one attached hydrogen (secondary N) is 1. The molecular formula is C11H25NS. The normalized spacial score (nSPS) is 10.0. The van der Waals surface area contributed by atoms with Crippen molar-refractivity contribution in [2.45, 2.75) is 52.2 Å². The zero-order chi connectivity index (χ0) is 10.9. The van der Waals surface area contributed by atoms with Gasteiger partial charge in [0, 0.05) is 17.0 Å². The lowest BCUT2D eigenvalue weighted by Crippen LogP contribution is -2.15. The first-order valence-electron chi connectivity index (χ1n) is 5.09. The Labute approximate surface area is 89.4 Å². The molecule has 0 fully saturated rings. The molecule has 0 aromatic carbocycles. The predicted octanol–water partition coefficient (Wildman–Crippen LogP) is 3.62. The Bertz CT molecular complexity index is 125. The van der Waals surface area contributed by atoms with E-state index in [1.54, 1.807) is 0 Å². The lowest BCUT2D eigenvalue weighted by atomic mass is 10.1. The third-order valence-electron chi connectivity index (χ3n) is 1.47. The van der Waals surface area contributed by atoms with Crippen molar-refractivity contribution >= 4 is 12.6 Å². The van der Waals surface area contributed by atoms with E-state index in [1.807, 2.05) is 13.8 Å². The Morgan fingerprint density at radius 2 is 1.85 bits per heavy atom. The fourth-order valence-corrected chi connectivity index (χ4v) is 0.907. The van der Waals surface area contributed by atoms with Crippen molar-refractivity contribution in [2.24, 2.45) is 0 Å². The number of allylic oxidation sites excluding steroid dienone is 1. The standard InChI is InChI=1S/C9H19NS.C2H6/c1-5-10-8(2)6-7-9(3,4)11;1-2/h10-11H,2,5-7H2,1,3-4H3;1-2H3. The maximum absolute atomic E-state index is 4.43. The van der Waals surface area contributed by atoms with E-state index >= 15 is 0 Å². The molecule has 2 heteroatoms. The zero-order valence-electron chi connectivity index (χ0n) is 9.78. The Balaban J connectivity index is 0. The van der Waals surface area contributed by atoms with Crippen molar-refractivity contribution in [3.8, 4) is 0 Å². The molecule has 0 saturated heterocycles. The number of thiol groups is 1. The number of hydrogen-bond donors (Lipinski definition) is 2. The van der Waals surface area contributed by atoms with Crippen LogP contribution in [0.25, 0.3) is 0 Å². The molecule has 0 aromatic rings. The fraction of sp³-hybridized carbons (Fsp3) is 0.818. The summed E-state index contributed by atoms with van der Waals surface area (Å²) in [6.07, 6.45) is 2.09. The van der Waals surface area contributed by atoms with Gasteiger partial charge in [0.2, 0.25) is 0 Å². The topological polar surface area (TPSA) is 12.0 Å². The Morgan fingerprint density at radius 1 is 1.38 bits per heavy atom. The molecule has 0 spiro atoms. The van der Waals surface area contributed by atoms with Crippen LogP contribution in [-0.4, -0.2) is 11.3 Å². The van der Waals surface area contributed by atoms with E-state index in [9.17, 15) is 0 Å². The van der Waals surface area contributed by atoms with Crippen LogP contribution in [0.5, 0.6) is 0 Å². The highest BCUT2D eigenvalue weighted by Crippen LogP contribution is 2.20. The first-order valence-corrected chi connectivity index (χ1v) is 5.54. The molecule has 1 nitrogen and oxygen atoms in total. The first-order chi connectivity index (χ1) is 5.95. The van der Waals surface area contributed by atoms with Gasteiger partial charge in [-0.05, 0) is 19.8 Å². The second-order valence-electron chi connectivity index (χ2n) is 3.45. The molecule has 0 aliphatic rings. The van der Waals surface area contributed by atoms with Crippen molar-refractivity contribution in [1.82, 2.24) is 5.32 Å². The quantitative estimate of drug-likeness (QED) is 0.650. The van der Waals surface area contributed by atoms with Crippen LogP contribution in [0.3, 0.4) is 0 Å². The van der Waals surface area contributed by atoms with Gasteiger partial charge in [-0.2, -0.15) is 12.6 Å². The highest BCUT2D eigenvalue weighted by molar-refractivity contribution is 7.81. The summed E-state index contributed by atoms with van der Waals surface area (Å²) in [5, 5.41) is 3.19. The van der Waals surface area contributed by atoms with Crippen molar-refractivity contribution in [1.29, 1.82) is 0 Å².